The van der Waals surface area contributed by atoms with Crippen LogP contribution in [0.25, 0.3) is 121 Å². The number of nitrogens with zero attached hydrogens (tertiary/aromatic N) is 4. The smallest absolute Gasteiger partial charge is 0.0567 e. The van der Waals surface area contributed by atoms with Gasteiger partial charge in [-0.15, -0.1) is 0 Å². The largest absolute Gasteiger partial charge is 0.310 e. The van der Waals surface area contributed by atoms with Crippen LogP contribution in [0.1, 0.15) is 0 Å². The Morgan fingerprint density at radius 3 is 1.00 bits per heavy atom. The summed E-state index contributed by atoms with van der Waals surface area (Å²) in [4.78, 5) is 4.93. The summed E-state index contributed by atoms with van der Waals surface area (Å²) in [5, 5.41) is 9.43. The van der Waals surface area contributed by atoms with Gasteiger partial charge in [0.25, 0.3) is 0 Å². The Bertz CT molecular complexity index is 5490. The molecule has 0 bridgehead atoms. The zero-order valence-corrected chi connectivity index (χ0v) is 49.3. The molecule has 2 aromatic heterocycles. The summed E-state index contributed by atoms with van der Waals surface area (Å²) in [7, 11) is 0. The van der Waals surface area contributed by atoms with Crippen molar-refractivity contribution in [2.75, 3.05) is 9.80 Å². The van der Waals surface area contributed by atoms with Crippen molar-refractivity contribution in [1.29, 1.82) is 0 Å². The minimum Gasteiger partial charge on any atom is -0.310 e. The fourth-order valence-corrected chi connectivity index (χ4v) is 13.8. The summed E-state index contributed by atoms with van der Waals surface area (Å²) >= 11 is 0. The van der Waals surface area contributed by atoms with Gasteiger partial charge in [0.1, 0.15) is 0 Å². The Morgan fingerprint density at radius 2 is 0.533 bits per heavy atom. The molecule has 90 heavy (non-hydrogen) atoms. The number of anilines is 6. The van der Waals surface area contributed by atoms with E-state index in [2.05, 4.69) is 371 Å². The first-order valence-corrected chi connectivity index (χ1v) is 30.9. The van der Waals surface area contributed by atoms with Gasteiger partial charge in [0, 0.05) is 66.7 Å². The van der Waals surface area contributed by atoms with Crippen LogP contribution in [0.3, 0.4) is 0 Å². The van der Waals surface area contributed by atoms with Crippen LogP contribution in [-0.4, -0.2) is 9.13 Å². The summed E-state index contributed by atoms with van der Waals surface area (Å²) in [6, 6.07) is 129. The quantitative estimate of drug-likeness (QED) is 0.113. The highest BCUT2D eigenvalue weighted by Gasteiger charge is 2.25. The summed E-state index contributed by atoms with van der Waals surface area (Å²) in [6.07, 6.45) is 0. The van der Waals surface area contributed by atoms with Crippen molar-refractivity contribution < 1.29 is 0 Å². The molecule has 0 amide bonds. The van der Waals surface area contributed by atoms with Gasteiger partial charge in [0.2, 0.25) is 0 Å². The van der Waals surface area contributed by atoms with Crippen LogP contribution in [0.5, 0.6) is 0 Å². The third-order valence-electron chi connectivity index (χ3n) is 18.0. The Hall–Kier alpha value is -12.0. The number of hydrogen-bond donors (Lipinski definition) is 0. The summed E-state index contributed by atoms with van der Waals surface area (Å²) in [5.41, 5.74) is 22.5. The molecule has 0 N–H and O–H groups in total. The molecule has 0 spiro atoms. The molecule has 17 rings (SSSR count). The van der Waals surface area contributed by atoms with Crippen molar-refractivity contribution in [3.8, 4) is 55.9 Å². The molecule has 17 aromatic rings. The van der Waals surface area contributed by atoms with Crippen LogP contribution < -0.4 is 9.80 Å². The second kappa shape index (κ2) is 22.1. The minimum absolute atomic E-state index is 1.03. The molecular formula is C86H58N4. The van der Waals surface area contributed by atoms with E-state index in [1.807, 2.05) is 0 Å². The molecule has 0 aliphatic heterocycles. The van der Waals surface area contributed by atoms with E-state index < -0.39 is 0 Å². The summed E-state index contributed by atoms with van der Waals surface area (Å²) in [6.45, 7) is 0. The van der Waals surface area contributed by atoms with Crippen molar-refractivity contribution in [1.82, 2.24) is 9.13 Å². The maximum absolute atomic E-state index is 2.49. The molecule has 0 fully saturated rings. The maximum Gasteiger partial charge on any atom is 0.0567 e. The van der Waals surface area contributed by atoms with Gasteiger partial charge in [-0.25, -0.2) is 0 Å². The van der Waals surface area contributed by atoms with Crippen molar-refractivity contribution >= 4 is 99.3 Å². The van der Waals surface area contributed by atoms with E-state index >= 15 is 0 Å². The topological polar surface area (TPSA) is 16.3 Å². The Kier molecular flexibility index (Phi) is 12.8. The maximum atomic E-state index is 2.49. The summed E-state index contributed by atoms with van der Waals surface area (Å²) < 4.78 is 4.93. The SMILES string of the molecule is c1ccc(-c2ccc(-n3c4cc(-c5ccccc5)ccc4c4ccc(N(c5ccccc5)c5cc(N(c6ccccc6)c6ccc7c8ccc(-c9ccccc9)cc8n(-c8ccc(-c9ccccc9)cc8)c7c6)c6c(ccc7ccccc76)c5)cc43)cc2)cc1. The molecule has 422 valence electrons. The predicted octanol–water partition coefficient (Wildman–Crippen LogP) is 23.8. The highest BCUT2D eigenvalue weighted by molar-refractivity contribution is 6.18. The van der Waals surface area contributed by atoms with Gasteiger partial charge < -0.3 is 18.9 Å². The van der Waals surface area contributed by atoms with Crippen LogP contribution in [0.2, 0.25) is 0 Å². The Morgan fingerprint density at radius 1 is 0.189 bits per heavy atom. The van der Waals surface area contributed by atoms with Crippen molar-refractivity contribution in [3.63, 3.8) is 0 Å². The molecule has 0 aliphatic carbocycles. The average molecular weight is 1150 g/mol. The first kappa shape index (κ1) is 52.4. The van der Waals surface area contributed by atoms with Crippen LogP contribution in [0.4, 0.5) is 34.1 Å². The van der Waals surface area contributed by atoms with Crippen LogP contribution in [0, 0.1) is 0 Å². The molecule has 0 unspecified atom stereocenters. The van der Waals surface area contributed by atoms with Crippen LogP contribution in [0.15, 0.2) is 352 Å². The third kappa shape index (κ3) is 9.17. The lowest BCUT2D eigenvalue weighted by molar-refractivity contribution is 1.18. The summed E-state index contributed by atoms with van der Waals surface area (Å²) in [5.74, 6) is 0. The van der Waals surface area contributed by atoms with E-state index in [0.29, 0.717) is 0 Å². The van der Waals surface area contributed by atoms with E-state index in [0.717, 1.165) is 73.0 Å². The molecule has 0 atom stereocenters. The van der Waals surface area contributed by atoms with E-state index in [4.69, 9.17) is 0 Å². The molecule has 0 radical (unpaired) electrons. The number of hydrogen-bond acceptors (Lipinski definition) is 2. The number of fused-ring (bicyclic) bond motifs is 9. The molecule has 15 aromatic carbocycles. The monoisotopic (exact) mass is 1150 g/mol. The highest BCUT2D eigenvalue weighted by Crippen LogP contribution is 2.49. The lowest BCUT2D eigenvalue weighted by Gasteiger charge is -2.31. The van der Waals surface area contributed by atoms with Gasteiger partial charge >= 0.3 is 0 Å². The van der Waals surface area contributed by atoms with Gasteiger partial charge in [-0.2, -0.15) is 0 Å². The molecule has 4 nitrogen and oxygen atoms in total. The molecule has 2 heterocycles. The molecule has 0 aliphatic rings. The standard InChI is InChI=1S/C86H58N4/c1-7-21-59(22-8-1)63-37-43-71(44-38-63)89-81-54-66(61-25-11-3-12-26-61)41-49-77(81)79-51-47-73(56-83(79)89)87(69-30-15-5-16-31-69)75-53-68-36-35-65-29-19-20-34-76(65)86(68)85(58-75)88(70-32-17-6-18-33-70)74-48-52-80-78-50-42-67(62-27-13-4-14-28-62)55-82(78)90(84(80)57-74)72-45-39-64(40-46-72)60-23-9-2-10-24-60/h1-58H. The molecule has 0 saturated carbocycles. The van der Waals surface area contributed by atoms with Crippen LogP contribution >= 0.6 is 0 Å². The van der Waals surface area contributed by atoms with E-state index in [1.54, 1.807) is 0 Å². The van der Waals surface area contributed by atoms with Gasteiger partial charge in [-0.3, -0.25) is 0 Å². The number of para-hydroxylation sites is 2. The number of rotatable bonds is 12. The normalized spacial score (nSPS) is 11.6. The zero-order chi connectivity index (χ0) is 59.5. The highest BCUT2D eigenvalue weighted by atomic mass is 15.2. The minimum atomic E-state index is 1.03. The van der Waals surface area contributed by atoms with Gasteiger partial charge in [-0.05, 0) is 158 Å². The Balaban J connectivity index is 0.896. The average Bonchev–Trinajstić information content (AvgIpc) is 1.53. The van der Waals surface area contributed by atoms with Crippen molar-refractivity contribution in [3.05, 3.63) is 352 Å². The Labute approximate surface area is 522 Å². The third-order valence-corrected chi connectivity index (χ3v) is 18.0. The van der Waals surface area contributed by atoms with Crippen LogP contribution in [-0.2, 0) is 0 Å². The second-order valence-electron chi connectivity index (χ2n) is 23.3. The molecular weight excluding hydrogens is 1090 g/mol. The molecule has 0 saturated heterocycles. The van der Waals surface area contributed by atoms with Crippen molar-refractivity contribution in [2.24, 2.45) is 0 Å². The number of benzene rings is 15. The fourth-order valence-electron chi connectivity index (χ4n) is 13.8. The van der Waals surface area contributed by atoms with Gasteiger partial charge in [0.15, 0.2) is 0 Å². The van der Waals surface area contributed by atoms with Crippen molar-refractivity contribution in [2.45, 2.75) is 0 Å². The molecule has 4 heteroatoms. The van der Waals surface area contributed by atoms with Gasteiger partial charge in [-0.1, -0.05) is 255 Å². The lowest BCUT2D eigenvalue weighted by Crippen LogP contribution is -2.14. The number of aromatic nitrogens is 2. The van der Waals surface area contributed by atoms with Gasteiger partial charge in [0.05, 0.1) is 27.8 Å². The lowest BCUT2D eigenvalue weighted by atomic mass is 9.97. The van der Waals surface area contributed by atoms with E-state index in [1.165, 1.54) is 82.2 Å². The first-order valence-electron chi connectivity index (χ1n) is 30.9. The predicted molar refractivity (Wildman–Crippen MR) is 381 cm³/mol. The van der Waals surface area contributed by atoms with E-state index in [9.17, 15) is 0 Å². The second-order valence-corrected chi connectivity index (χ2v) is 23.3. The van der Waals surface area contributed by atoms with E-state index in [-0.39, 0.29) is 0 Å². The first-order chi connectivity index (χ1) is 44.6. The zero-order valence-electron chi connectivity index (χ0n) is 49.3. The fraction of sp³-hybridized carbons (Fsp3) is 0.